The van der Waals surface area contributed by atoms with Crippen molar-refractivity contribution in [2.24, 2.45) is 0 Å². The lowest BCUT2D eigenvalue weighted by Gasteiger charge is -2.10. The number of hydrogen-bond donors (Lipinski definition) is 0. The molecular weight excluding hydrogens is 651 g/mol. The van der Waals surface area contributed by atoms with Crippen molar-refractivity contribution in [3.63, 3.8) is 0 Å². The van der Waals surface area contributed by atoms with Gasteiger partial charge >= 0.3 is 0 Å². The lowest BCUT2D eigenvalue weighted by Crippen LogP contribution is -1.94. The maximum atomic E-state index is 10.00. The molecule has 5 aromatic heterocycles. The third-order valence-electron chi connectivity index (χ3n) is 11.3. The summed E-state index contributed by atoms with van der Waals surface area (Å²) < 4.78 is 6.85. The second-order valence-electron chi connectivity index (χ2n) is 13.8. The average molecular weight is 670 g/mol. The lowest BCUT2D eigenvalue weighted by atomic mass is 10.00. The first-order valence-electron chi connectivity index (χ1n) is 17.2. The Kier molecular flexibility index (Phi) is 4.89. The molecule has 0 atom stereocenters. The van der Waals surface area contributed by atoms with Crippen LogP contribution in [-0.2, 0) is 0 Å². The fourth-order valence-corrected chi connectivity index (χ4v) is 9.30. The zero-order valence-electron chi connectivity index (χ0n) is 27.6. The molecule has 7 aromatic carbocycles. The van der Waals surface area contributed by atoms with Crippen LogP contribution in [0.1, 0.15) is 22.3 Å². The van der Waals surface area contributed by atoms with Gasteiger partial charge < -0.3 is 13.4 Å². The fraction of sp³-hybridized carbons (Fsp3) is 0. The van der Waals surface area contributed by atoms with Crippen LogP contribution in [0.2, 0.25) is 0 Å². The molecule has 0 unspecified atom stereocenters. The number of rotatable bonds is 1. The van der Waals surface area contributed by atoms with Gasteiger partial charge in [-0.2, -0.15) is 21.0 Å². The van der Waals surface area contributed by atoms with E-state index < -0.39 is 0 Å². The zero-order valence-corrected chi connectivity index (χ0v) is 27.6. The Labute approximate surface area is 299 Å². The quantitative estimate of drug-likeness (QED) is 0.173. The number of nitrogens with zero attached hydrogens (tertiary/aromatic N) is 7. The summed E-state index contributed by atoms with van der Waals surface area (Å²) in [5, 5.41) is 50.4. The highest BCUT2D eigenvalue weighted by Gasteiger charge is 2.29. The van der Waals surface area contributed by atoms with E-state index in [4.69, 9.17) is 0 Å². The lowest BCUT2D eigenvalue weighted by molar-refractivity contribution is 1.19. The number of hydrogen-bond acceptors (Lipinski definition) is 4. The van der Waals surface area contributed by atoms with Crippen molar-refractivity contribution in [2.45, 2.75) is 0 Å². The number of para-hydroxylation sites is 1. The molecule has 12 rings (SSSR count). The van der Waals surface area contributed by atoms with E-state index in [0.717, 1.165) is 104 Å². The van der Waals surface area contributed by atoms with E-state index in [0.29, 0.717) is 22.3 Å². The Hall–Kier alpha value is -8.10. The van der Waals surface area contributed by atoms with Crippen molar-refractivity contribution in [2.75, 3.05) is 0 Å². The van der Waals surface area contributed by atoms with E-state index in [1.165, 1.54) is 0 Å². The van der Waals surface area contributed by atoms with Crippen molar-refractivity contribution < 1.29 is 0 Å². The molecule has 0 bridgehead atoms. The van der Waals surface area contributed by atoms with Crippen LogP contribution in [0.3, 0.4) is 0 Å². The maximum absolute atomic E-state index is 10.00. The molecule has 0 aliphatic rings. The summed E-state index contributed by atoms with van der Waals surface area (Å²) in [6.45, 7) is 0. The Morgan fingerprint density at radius 3 is 1.09 bits per heavy atom. The largest absolute Gasteiger partial charge is 0.308 e. The molecule has 7 nitrogen and oxygen atoms in total. The molecule has 0 fully saturated rings. The van der Waals surface area contributed by atoms with Crippen molar-refractivity contribution in [3.8, 4) is 30.0 Å². The number of fused-ring (bicyclic) bond motifs is 17. The average Bonchev–Trinajstić information content (AvgIpc) is 3.99. The van der Waals surface area contributed by atoms with Crippen LogP contribution in [0.5, 0.6) is 0 Å². The standard InChI is InChI=1S/C46H19N7/c47-20-24-6-10-29-33-18-35-36-19-34-30-11-7-25(21-48)15-38(30)53-40-17-27(23-50)9-13-32(40)42(46(34)53)44(36)51(28-4-2-1-3-5-28)43(35)41-31-12-8-26(22-49)16-39(31)52(45(33)41)37(29)14-24/h1-19H. The minimum Gasteiger partial charge on any atom is -0.308 e. The Balaban J connectivity index is 1.43. The summed E-state index contributed by atoms with van der Waals surface area (Å²) in [6, 6.07) is 47.9. The Morgan fingerprint density at radius 1 is 0.340 bits per heavy atom. The molecule has 0 aliphatic carbocycles. The van der Waals surface area contributed by atoms with Gasteiger partial charge in [-0.1, -0.05) is 42.5 Å². The first-order chi connectivity index (χ1) is 26.1. The second kappa shape index (κ2) is 9.36. The van der Waals surface area contributed by atoms with Crippen LogP contribution in [0.4, 0.5) is 0 Å². The van der Waals surface area contributed by atoms with Crippen LogP contribution >= 0.6 is 0 Å². The highest BCUT2D eigenvalue weighted by Crippen LogP contribution is 2.51. The Morgan fingerprint density at radius 2 is 0.698 bits per heavy atom. The predicted molar refractivity (Wildman–Crippen MR) is 209 cm³/mol. The number of aromatic nitrogens is 3. The summed E-state index contributed by atoms with van der Waals surface area (Å²) in [6.07, 6.45) is 0. The van der Waals surface area contributed by atoms with Gasteiger partial charge in [-0.3, -0.25) is 0 Å². The Bertz CT molecular complexity index is 3600. The molecule has 0 N–H and O–H groups in total. The minimum atomic E-state index is 0.569. The third kappa shape index (κ3) is 3.17. The van der Waals surface area contributed by atoms with Gasteiger partial charge in [0.2, 0.25) is 0 Å². The molecule has 5 heterocycles. The summed E-state index contributed by atoms with van der Waals surface area (Å²) in [4.78, 5) is 0. The first-order valence-corrected chi connectivity index (χ1v) is 17.2. The first kappa shape index (κ1) is 27.7. The molecule has 0 saturated carbocycles. The smallest absolute Gasteiger partial charge is 0.0992 e. The van der Waals surface area contributed by atoms with E-state index in [1.807, 2.05) is 66.7 Å². The second-order valence-corrected chi connectivity index (χ2v) is 13.8. The predicted octanol–water partition coefficient (Wildman–Crippen LogP) is 10.6. The molecule has 0 radical (unpaired) electrons. The molecule has 238 valence electrons. The zero-order chi connectivity index (χ0) is 35.3. The SMILES string of the molecule is N#Cc1ccc2c3cc4c5cc6c7ccc(C#N)cc7n7c8cc(C#N)ccc8c(c5n(-c5ccccc5)c4c4c5ccc(C#N)cc5n(c2c1)c34)c67. The van der Waals surface area contributed by atoms with Crippen molar-refractivity contribution in [1.29, 1.82) is 21.0 Å². The molecule has 0 aliphatic heterocycles. The van der Waals surface area contributed by atoms with Gasteiger partial charge in [0.1, 0.15) is 0 Å². The normalized spacial score (nSPS) is 12.1. The van der Waals surface area contributed by atoms with E-state index in [1.54, 1.807) is 0 Å². The van der Waals surface area contributed by atoms with Crippen LogP contribution in [0.25, 0.3) is 104 Å². The van der Waals surface area contributed by atoms with E-state index in [2.05, 4.69) is 86.2 Å². The summed E-state index contributed by atoms with van der Waals surface area (Å²) in [5.41, 5.74) is 11.2. The molecule has 0 amide bonds. The summed E-state index contributed by atoms with van der Waals surface area (Å²) in [5.74, 6) is 0. The van der Waals surface area contributed by atoms with Gasteiger partial charge in [0, 0.05) is 59.5 Å². The van der Waals surface area contributed by atoms with E-state index in [-0.39, 0.29) is 0 Å². The maximum Gasteiger partial charge on any atom is 0.0992 e. The molecule has 53 heavy (non-hydrogen) atoms. The minimum absolute atomic E-state index is 0.569. The van der Waals surface area contributed by atoms with Crippen LogP contribution in [-0.4, -0.2) is 13.4 Å². The highest BCUT2D eigenvalue weighted by atomic mass is 15.0. The van der Waals surface area contributed by atoms with Crippen molar-refractivity contribution in [1.82, 2.24) is 13.4 Å². The number of nitriles is 4. The van der Waals surface area contributed by atoms with Gasteiger partial charge in [0.25, 0.3) is 0 Å². The van der Waals surface area contributed by atoms with Crippen molar-refractivity contribution >= 4 is 98.0 Å². The summed E-state index contributed by atoms with van der Waals surface area (Å²) in [7, 11) is 0. The summed E-state index contributed by atoms with van der Waals surface area (Å²) >= 11 is 0. The van der Waals surface area contributed by atoms with Crippen LogP contribution < -0.4 is 0 Å². The van der Waals surface area contributed by atoms with Crippen molar-refractivity contribution in [3.05, 3.63) is 138 Å². The molecule has 0 spiro atoms. The van der Waals surface area contributed by atoms with Gasteiger partial charge in [-0.05, 0) is 72.8 Å². The monoisotopic (exact) mass is 669 g/mol. The van der Waals surface area contributed by atoms with E-state index in [9.17, 15) is 21.0 Å². The molecule has 0 saturated heterocycles. The van der Waals surface area contributed by atoms with E-state index >= 15 is 0 Å². The van der Waals surface area contributed by atoms with Crippen LogP contribution in [0, 0.1) is 45.3 Å². The number of benzene rings is 7. The highest BCUT2D eigenvalue weighted by molar-refractivity contribution is 6.39. The topological polar surface area (TPSA) is 109 Å². The van der Waals surface area contributed by atoms with Crippen LogP contribution in [0.15, 0.2) is 115 Å². The molecule has 7 heteroatoms. The molecular formula is C46H19N7. The molecule has 12 aromatic rings. The fourth-order valence-electron chi connectivity index (χ4n) is 9.30. The van der Waals surface area contributed by atoms with Gasteiger partial charge in [0.05, 0.1) is 90.7 Å². The van der Waals surface area contributed by atoms with Gasteiger partial charge in [-0.15, -0.1) is 0 Å². The third-order valence-corrected chi connectivity index (χ3v) is 11.3. The van der Waals surface area contributed by atoms with Gasteiger partial charge in [-0.25, -0.2) is 0 Å². The van der Waals surface area contributed by atoms with Gasteiger partial charge in [0.15, 0.2) is 0 Å².